The number of Topliss-reactive ketones (excluding diaryl/α,β-unsaturated/α-hetero) is 1. The minimum absolute atomic E-state index is 0.0432. The van der Waals surface area contributed by atoms with Gasteiger partial charge in [-0.15, -0.1) is 0 Å². The molecule has 1 N–H and O–H groups in total. The smallest absolute Gasteiger partial charge is 0.255 e. The maximum Gasteiger partial charge on any atom is 0.255 e. The van der Waals surface area contributed by atoms with Crippen molar-refractivity contribution in [2.45, 2.75) is 4.90 Å². The molecule has 3 aromatic rings. The number of hydrogen-bond acceptors (Lipinski definition) is 8. The van der Waals surface area contributed by atoms with Gasteiger partial charge in [-0.2, -0.15) is 0 Å². The first-order valence-electron chi connectivity index (χ1n) is 8.18. The van der Waals surface area contributed by atoms with Crippen molar-refractivity contribution in [1.29, 1.82) is 0 Å². The van der Waals surface area contributed by atoms with Crippen LogP contribution in [0.15, 0.2) is 58.6 Å². The Labute approximate surface area is 161 Å². The highest BCUT2D eigenvalue weighted by molar-refractivity contribution is 7.90. The van der Waals surface area contributed by atoms with Crippen LogP contribution in [-0.4, -0.2) is 46.5 Å². The lowest BCUT2D eigenvalue weighted by Gasteiger charge is -2.12. The zero-order chi connectivity index (χ0) is 20.3. The largest absolute Gasteiger partial charge is 0.348 e. The van der Waals surface area contributed by atoms with Crippen molar-refractivity contribution in [3.8, 4) is 11.4 Å². The summed E-state index contributed by atoms with van der Waals surface area (Å²) in [6, 6.07) is 8.91. The Morgan fingerprint density at radius 2 is 1.93 bits per heavy atom. The van der Waals surface area contributed by atoms with E-state index in [2.05, 4.69) is 20.3 Å². The monoisotopic (exact) mass is 399 g/mol. The average molecular weight is 399 g/mol. The SMILES string of the molecule is Cn1c(NCC(=O)c2ccccc2S(C)(=O)=O)nc(-c2ccncn2)cc1=O. The van der Waals surface area contributed by atoms with E-state index in [0.29, 0.717) is 11.4 Å². The van der Waals surface area contributed by atoms with E-state index in [1.54, 1.807) is 18.2 Å². The normalized spacial score (nSPS) is 11.2. The Morgan fingerprint density at radius 1 is 1.18 bits per heavy atom. The number of nitrogens with one attached hydrogen (secondary N) is 1. The predicted octanol–water partition coefficient (Wildman–Crippen LogP) is 0.936. The van der Waals surface area contributed by atoms with Crippen LogP contribution >= 0.6 is 0 Å². The molecule has 9 nitrogen and oxygen atoms in total. The lowest BCUT2D eigenvalue weighted by Crippen LogP contribution is -2.25. The van der Waals surface area contributed by atoms with Crippen molar-refractivity contribution in [3.63, 3.8) is 0 Å². The zero-order valence-corrected chi connectivity index (χ0v) is 16.0. The number of ketones is 1. The number of sulfone groups is 1. The highest BCUT2D eigenvalue weighted by Gasteiger charge is 2.18. The second kappa shape index (κ2) is 7.69. The van der Waals surface area contributed by atoms with Crippen LogP contribution in [0.4, 0.5) is 5.95 Å². The van der Waals surface area contributed by atoms with Gasteiger partial charge in [0, 0.05) is 31.1 Å². The second-order valence-electron chi connectivity index (χ2n) is 6.00. The summed E-state index contributed by atoms with van der Waals surface area (Å²) in [5.41, 5.74) is 0.533. The summed E-state index contributed by atoms with van der Waals surface area (Å²) in [7, 11) is -2.04. The maximum atomic E-state index is 12.6. The molecule has 3 rings (SSSR count). The van der Waals surface area contributed by atoms with Crippen LogP contribution in [0.1, 0.15) is 10.4 Å². The van der Waals surface area contributed by atoms with Crippen LogP contribution in [0, 0.1) is 0 Å². The molecule has 0 fully saturated rings. The molecule has 0 atom stereocenters. The van der Waals surface area contributed by atoms with Crippen molar-refractivity contribution in [1.82, 2.24) is 19.5 Å². The summed E-state index contributed by atoms with van der Waals surface area (Å²) in [6.07, 6.45) is 3.91. The van der Waals surface area contributed by atoms with E-state index >= 15 is 0 Å². The van der Waals surface area contributed by atoms with Gasteiger partial charge in [0.2, 0.25) is 5.95 Å². The molecule has 0 aliphatic heterocycles. The third kappa shape index (κ3) is 4.12. The van der Waals surface area contributed by atoms with Gasteiger partial charge in [0.1, 0.15) is 6.33 Å². The minimum atomic E-state index is -3.55. The zero-order valence-electron chi connectivity index (χ0n) is 15.2. The summed E-state index contributed by atoms with van der Waals surface area (Å²) in [4.78, 5) is 37.0. The maximum absolute atomic E-state index is 12.6. The van der Waals surface area contributed by atoms with Gasteiger partial charge in [-0.1, -0.05) is 18.2 Å². The number of carbonyl (C=O) groups is 1. The third-order valence-corrected chi connectivity index (χ3v) is 5.13. The molecule has 10 heteroatoms. The molecular formula is C18H17N5O4S. The van der Waals surface area contributed by atoms with Crippen LogP contribution in [0.5, 0.6) is 0 Å². The molecule has 0 spiro atoms. The Balaban J connectivity index is 1.89. The summed E-state index contributed by atoms with van der Waals surface area (Å²) < 4.78 is 25.0. The lowest BCUT2D eigenvalue weighted by atomic mass is 10.1. The van der Waals surface area contributed by atoms with Crippen LogP contribution in [0.3, 0.4) is 0 Å². The highest BCUT2D eigenvalue weighted by Crippen LogP contribution is 2.17. The molecule has 0 bridgehead atoms. The van der Waals surface area contributed by atoms with Gasteiger partial charge in [0.15, 0.2) is 15.6 Å². The van der Waals surface area contributed by atoms with Crippen molar-refractivity contribution in [3.05, 3.63) is 64.8 Å². The quantitative estimate of drug-likeness (QED) is 0.607. The first kappa shape index (κ1) is 19.4. The van der Waals surface area contributed by atoms with E-state index in [-0.39, 0.29) is 28.5 Å². The fourth-order valence-corrected chi connectivity index (χ4v) is 3.45. The van der Waals surface area contributed by atoms with E-state index in [4.69, 9.17) is 0 Å². The molecule has 1 aromatic carbocycles. The molecule has 28 heavy (non-hydrogen) atoms. The van der Waals surface area contributed by atoms with Gasteiger partial charge < -0.3 is 5.32 Å². The second-order valence-corrected chi connectivity index (χ2v) is 7.99. The van der Waals surface area contributed by atoms with Crippen molar-refractivity contribution in [2.24, 2.45) is 7.05 Å². The first-order valence-corrected chi connectivity index (χ1v) is 10.1. The minimum Gasteiger partial charge on any atom is -0.348 e. The molecule has 144 valence electrons. The van der Waals surface area contributed by atoms with Crippen LogP contribution in [0.25, 0.3) is 11.4 Å². The summed E-state index contributed by atoms with van der Waals surface area (Å²) in [6.45, 7) is -0.236. The first-order chi connectivity index (χ1) is 13.3. The molecule has 0 aliphatic rings. The lowest BCUT2D eigenvalue weighted by molar-refractivity contribution is 0.100. The molecule has 0 amide bonds. The summed E-state index contributed by atoms with van der Waals surface area (Å²) in [5, 5.41) is 2.80. The van der Waals surface area contributed by atoms with Gasteiger partial charge in [-0.3, -0.25) is 14.2 Å². The number of aromatic nitrogens is 4. The fraction of sp³-hybridized carbons (Fsp3) is 0.167. The number of anilines is 1. The molecule has 0 radical (unpaired) electrons. The predicted molar refractivity (Wildman–Crippen MR) is 103 cm³/mol. The van der Waals surface area contributed by atoms with E-state index in [0.717, 1.165) is 6.26 Å². The van der Waals surface area contributed by atoms with E-state index in [1.165, 1.54) is 42.3 Å². The Morgan fingerprint density at radius 3 is 2.61 bits per heavy atom. The Kier molecular flexibility index (Phi) is 5.32. The Hall–Kier alpha value is -3.40. The number of benzene rings is 1. The molecule has 0 aliphatic carbocycles. The summed E-state index contributed by atoms with van der Waals surface area (Å²) in [5.74, 6) is -0.283. The van der Waals surface area contributed by atoms with Crippen molar-refractivity contribution in [2.75, 3.05) is 18.1 Å². The van der Waals surface area contributed by atoms with Gasteiger partial charge in [-0.05, 0) is 12.1 Å². The van der Waals surface area contributed by atoms with E-state index in [9.17, 15) is 18.0 Å². The molecule has 0 saturated carbocycles. The van der Waals surface area contributed by atoms with Gasteiger partial charge in [-0.25, -0.2) is 23.4 Å². The number of carbonyl (C=O) groups excluding carboxylic acids is 1. The number of hydrogen-bond donors (Lipinski definition) is 1. The van der Waals surface area contributed by atoms with E-state index < -0.39 is 15.6 Å². The van der Waals surface area contributed by atoms with Gasteiger partial charge in [0.25, 0.3) is 5.56 Å². The summed E-state index contributed by atoms with van der Waals surface area (Å²) >= 11 is 0. The fourth-order valence-electron chi connectivity index (χ4n) is 2.55. The Bertz CT molecular complexity index is 1190. The topological polar surface area (TPSA) is 124 Å². The molecular weight excluding hydrogens is 382 g/mol. The molecule has 0 unspecified atom stereocenters. The molecule has 2 aromatic heterocycles. The van der Waals surface area contributed by atoms with Crippen LogP contribution in [-0.2, 0) is 16.9 Å². The number of nitrogens with zero attached hydrogens (tertiary/aromatic N) is 4. The standard InChI is InChI=1S/C18H17N5O4S/c1-23-17(25)9-14(13-7-8-19-11-21-13)22-18(23)20-10-15(24)12-5-3-4-6-16(12)28(2,26)27/h3-9,11H,10H2,1-2H3,(H,20,22). The average Bonchev–Trinajstić information content (AvgIpc) is 2.68. The van der Waals surface area contributed by atoms with Crippen molar-refractivity contribution >= 4 is 21.6 Å². The van der Waals surface area contributed by atoms with Gasteiger partial charge >= 0.3 is 0 Å². The van der Waals surface area contributed by atoms with Crippen LogP contribution in [0.2, 0.25) is 0 Å². The number of rotatable bonds is 6. The third-order valence-electron chi connectivity index (χ3n) is 3.97. The molecule has 0 saturated heterocycles. The van der Waals surface area contributed by atoms with Gasteiger partial charge in [0.05, 0.1) is 22.8 Å². The van der Waals surface area contributed by atoms with Crippen LogP contribution < -0.4 is 10.9 Å². The van der Waals surface area contributed by atoms with E-state index in [1.807, 2.05) is 0 Å². The van der Waals surface area contributed by atoms with Crippen molar-refractivity contribution < 1.29 is 13.2 Å². The highest BCUT2D eigenvalue weighted by atomic mass is 32.2. The molecule has 2 heterocycles.